The molecule has 4 N–H and O–H groups in total. The van der Waals surface area contributed by atoms with E-state index in [1.165, 1.54) is 12.8 Å². The number of anilines is 1. The Hall–Kier alpha value is -2.73. The molecule has 2 heterocycles. The van der Waals surface area contributed by atoms with E-state index >= 15 is 0 Å². The number of nitrogens with two attached hydrogens (primary N) is 1. The summed E-state index contributed by atoms with van der Waals surface area (Å²) in [5, 5.41) is 11.7. The first kappa shape index (κ1) is 18.1. The zero-order chi connectivity index (χ0) is 18.5. The molecule has 1 aliphatic heterocycles. The number of nitrogens with zero attached hydrogens (tertiary/aromatic N) is 3. The van der Waals surface area contributed by atoms with E-state index in [2.05, 4.69) is 20.2 Å². The van der Waals surface area contributed by atoms with Gasteiger partial charge in [0.15, 0.2) is 0 Å². The van der Waals surface area contributed by atoms with Gasteiger partial charge < -0.3 is 16.0 Å². The molecule has 0 bridgehead atoms. The average Bonchev–Trinajstić information content (AvgIpc) is 3.20. The molecule has 1 unspecified atom stereocenters. The Kier molecular flexibility index (Phi) is 5.63. The van der Waals surface area contributed by atoms with Crippen LogP contribution >= 0.6 is 0 Å². The zero-order valence-electron chi connectivity index (χ0n) is 15.4. The van der Waals surface area contributed by atoms with Gasteiger partial charge >= 0.3 is 0 Å². The van der Waals surface area contributed by atoms with Gasteiger partial charge in [-0.05, 0) is 37.0 Å². The van der Waals surface area contributed by atoms with Crippen molar-refractivity contribution >= 4 is 17.1 Å². The van der Waals surface area contributed by atoms with Crippen LogP contribution in [-0.2, 0) is 0 Å². The molecule has 0 spiro atoms. The summed E-state index contributed by atoms with van der Waals surface area (Å²) in [7, 11) is 1.86. The van der Waals surface area contributed by atoms with Crippen LogP contribution in [0.3, 0.4) is 0 Å². The topological polar surface area (TPSA) is 90.9 Å². The summed E-state index contributed by atoms with van der Waals surface area (Å²) in [6.45, 7) is 3.99. The van der Waals surface area contributed by atoms with Gasteiger partial charge in [0, 0.05) is 44.0 Å². The molecule has 1 aromatic carbocycles. The van der Waals surface area contributed by atoms with Crippen molar-refractivity contribution in [1.29, 1.82) is 5.41 Å². The SMILES string of the molecule is CN/C=C(/c1cccc(C(=N)c2cc(N3CCCC3)ncn2)c1)C(C)N. The Morgan fingerprint density at radius 1 is 1.23 bits per heavy atom. The van der Waals surface area contributed by atoms with Gasteiger partial charge in [0.2, 0.25) is 0 Å². The van der Waals surface area contributed by atoms with Crippen LogP contribution in [0, 0.1) is 5.41 Å². The number of benzene rings is 1. The molecule has 1 aromatic heterocycles. The molecule has 3 rings (SSSR count). The van der Waals surface area contributed by atoms with Gasteiger partial charge in [-0.15, -0.1) is 0 Å². The van der Waals surface area contributed by atoms with Crippen LogP contribution in [0.1, 0.15) is 36.6 Å². The standard InChI is InChI=1S/C20H26N6/c1-14(21)17(12-23-2)15-6-5-7-16(10-15)20(22)18-11-19(25-13-24-18)26-8-3-4-9-26/h5-7,10-14,22-23H,3-4,8-9,21H2,1-2H3/b17-12+,22-20?. The molecule has 136 valence electrons. The highest BCUT2D eigenvalue weighted by Crippen LogP contribution is 2.21. The van der Waals surface area contributed by atoms with Gasteiger partial charge in [-0.1, -0.05) is 18.2 Å². The summed E-state index contributed by atoms with van der Waals surface area (Å²) in [5.41, 5.74) is 9.95. The zero-order valence-corrected chi connectivity index (χ0v) is 15.4. The van der Waals surface area contributed by atoms with Gasteiger partial charge in [-0.2, -0.15) is 0 Å². The Morgan fingerprint density at radius 2 is 1.96 bits per heavy atom. The summed E-state index contributed by atoms with van der Waals surface area (Å²) in [5.74, 6) is 0.903. The van der Waals surface area contributed by atoms with E-state index < -0.39 is 0 Å². The van der Waals surface area contributed by atoms with E-state index in [1.807, 2.05) is 50.5 Å². The van der Waals surface area contributed by atoms with Crippen molar-refractivity contribution in [3.63, 3.8) is 0 Å². The van der Waals surface area contributed by atoms with Gasteiger partial charge in [0.1, 0.15) is 12.1 Å². The third-order valence-electron chi connectivity index (χ3n) is 4.61. The summed E-state index contributed by atoms with van der Waals surface area (Å²) >= 11 is 0. The molecular weight excluding hydrogens is 324 g/mol. The lowest BCUT2D eigenvalue weighted by Crippen LogP contribution is -2.20. The molecular formula is C20H26N6. The molecule has 6 nitrogen and oxygen atoms in total. The fourth-order valence-electron chi connectivity index (χ4n) is 3.24. The third-order valence-corrected chi connectivity index (χ3v) is 4.61. The van der Waals surface area contributed by atoms with Crippen molar-refractivity contribution in [3.05, 3.63) is 59.7 Å². The van der Waals surface area contributed by atoms with Crippen molar-refractivity contribution < 1.29 is 0 Å². The third kappa shape index (κ3) is 3.91. The maximum Gasteiger partial charge on any atom is 0.132 e. The summed E-state index contributed by atoms with van der Waals surface area (Å²) in [6, 6.07) is 9.70. The number of rotatable bonds is 6. The summed E-state index contributed by atoms with van der Waals surface area (Å²) in [4.78, 5) is 10.9. The van der Waals surface area contributed by atoms with Crippen LogP contribution in [0.25, 0.3) is 5.57 Å². The van der Waals surface area contributed by atoms with E-state index in [0.29, 0.717) is 11.4 Å². The quantitative estimate of drug-likeness (QED) is 0.696. The van der Waals surface area contributed by atoms with E-state index in [0.717, 1.165) is 35.6 Å². The van der Waals surface area contributed by atoms with Crippen LogP contribution in [-0.4, -0.2) is 41.9 Å². The lowest BCUT2D eigenvalue weighted by molar-refractivity contribution is 0.925. The van der Waals surface area contributed by atoms with E-state index in [1.54, 1.807) is 6.33 Å². The lowest BCUT2D eigenvalue weighted by atomic mass is 9.97. The van der Waals surface area contributed by atoms with Crippen molar-refractivity contribution in [2.75, 3.05) is 25.0 Å². The van der Waals surface area contributed by atoms with Gasteiger partial charge in [-0.3, -0.25) is 5.41 Å². The minimum absolute atomic E-state index is 0.104. The van der Waals surface area contributed by atoms with Crippen LogP contribution in [0.2, 0.25) is 0 Å². The Morgan fingerprint density at radius 3 is 2.65 bits per heavy atom. The molecule has 0 radical (unpaired) electrons. The second kappa shape index (κ2) is 8.10. The predicted octanol–water partition coefficient (Wildman–Crippen LogP) is 2.40. The van der Waals surface area contributed by atoms with E-state index in [9.17, 15) is 0 Å². The van der Waals surface area contributed by atoms with Crippen molar-refractivity contribution in [3.8, 4) is 0 Å². The first-order chi connectivity index (χ1) is 12.6. The fourth-order valence-corrected chi connectivity index (χ4v) is 3.24. The molecule has 0 aliphatic carbocycles. The van der Waals surface area contributed by atoms with Gasteiger partial charge in [-0.25, -0.2) is 9.97 Å². The molecule has 0 saturated carbocycles. The minimum atomic E-state index is -0.104. The van der Waals surface area contributed by atoms with Crippen LogP contribution in [0.15, 0.2) is 42.9 Å². The molecule has 26 heavy (non-hydrogen) atoms. The summed E-state index contributed by atoms with van der Waals surface area (Å²) < 4.78 is 0. The van der Waals surface area contributed by atoms with Crippen molar-refractivity contribution in [2.45, 2.75) is 25.8 Å². The number of hydrogen-bond donors (Lipinski definition) is 3. The second-order valence-electron chi connectivity index (χ2n) is 6.59. The predicted molar refractivity (Wildman–Crippen MR) is 107 cm³/mol. The van der Waals surface area contributed by atoms with Crippen LogP contribution < -0.4 is 16.0 Å². The first-order valence-electron chi connectivity index (χ1n) is 9.00. The van der Waals surface area contributed by atoms with E-state index in [-0.39, 0.29) is 6.04 Å². The highest BCUT2D eigenvalue weighted by Gasteiger charge is 2.16. The van der Waals surface area contributed by atoms with E-state index in [4.69, 9.17) is 11.1 Å². The highest BCUT2D eigenvalue weighted by molar-refractivity contribution is 6.10. The fraction of sp³-hybridized carbons (Fsp3) is 0.350. The summed E-state index contributed by atoms with van der Waals surface area (Å²) in [6.07, 6.45) is 5.84. The lowest BCUT2D eigenvalue weighted by Gasteiger charge is -2.17. The molecule has 6 heteroatoms. The Bertz CT molecular complexity index is 805. The molecule has 1 saturated heterocycles. The minimum Gasteiger partial charge on any atom is -0.394 e. The monoisotopic (exact) mass is 350 g/mol. The maximum atomic E-state index is 8.61. The van der Waals surface area contributed by atoms with Crippen LogP contribution in [0.4, 0.5) is 5.82 Å². The second-order valence-corrected chi connectivity index (χ2v) is 6.59. The van der Waals surface area contributed by atoms with Crippen molar-refractivity contribution in [1.82, 2.24) is 15.3 Å². The number of nitrogens with one attached hydrogen (secondary N) is 2. The number of hydrogen-bond acceptors (Lipinski definition) is 6. The molecule has 1 aliphatic rings. The van der Waals surface area contributed by atoms with Gasteiger partial charge in [0.05, 0.1) is 11.4 Å². The largest absolute Gasteiger partial charge is 0.394 e. The van der Waals surface area contributed by atoms with Crippen LogP contribution in [0.5, 0.6) is 0 Å². The molecule has 1 fully saturated rings. The smallest absolute Gasteiger partial charge is 0.132 e. The average molecular weight is 350 g/mol. The Labute approximate surface area is 154 Å². The molecule has 1 atom stereocenters. The normalized spacial score (nSPS) is 15.8. The maximum absolute atomic E-state index is 8.61. The molecule has 0 amide bonds. The first-order valence-corrected chi connectivity index (χ1v) is 9.00. The Balaban J connectivity index is 1.90. The van der Waals surface area contributed by atoms with Gasteiger partial charge in [0.25, 0.3) is 0 Å². The number of aromatic nitrogens is 2. The molecule has 2 aromatic rings. The highest BCUT2D eigenvalue weighted by atomic mass is 15.2. The van der Waals surface area contributed by atoms with Crippen molar-refractivity contribution in [2.24, 2.45) is 5.73 Å².